The maximum Gasteiger partial charge on any atom is 0.253 e. The summed E-state index contributed by atoms with van der Waals surface area (Å²) in [6.07, 6.45) is 0.885. The number of ether oxygens (including phenoxy) is 2. The Balaban J connectivity index is 1.92. The lowest BCUT2D eigenvalue weighted by molar-refractivity contribution is 0.353. The van der Waals surface area contributed by atoms with Crippen LogP contribution in [0.1, 0.15) is 33.9 Å². The minimum atomic E-state index is -0.179. The summed E-state index contributed by atoms with van der Waals surface area (Å²) in [5, 5.41) is 4.59. The number of nitrogens with one attached hydrogen (secondary N) is 2. The van der Waals surface area contributed by atoms with E-state index >= 15 is 0 Å². The van der Waals surface area contributed by atoms with Crippen molar-refractivity contribution in [3.05, 3.63) is 68.5 Å². The highest BCUT2D eigenvalue weighted by atomic mass is 16.5. The van der Waals surface area contributed by atoms with Gasteiger partial charge in [0.05, 0.1) is 25.8 Å². The molecule has 0 saturated carbocycles. The van der Waals surface area contributed by atoms with Crippen LogP contribution in [0.25, 0.3) is 10.9 Å². The van der Waals surface area contributed by atoms with Crippen molar-refractivity contribution in [3.8, 4) is 11.5 Å². The summed E-state index contributed by atoms with van der Waals surface area (Å²) in [4.78, 5) is 16.0. The summed E-state index contributed by atoms with van der Waals surface area (Å²) in [5.74, 6) is 1.39. The van der Waals surface area contributed by atoms with Gasteiger partial charge in [-0.2, -0.15) is 0 Å². The molecule has 0 spiro atoms. The van der Waals surface area contributed by atoms with Crippen LogP contribution in [0.4, 0.5) is 0 Å². The van der Waals surface area contributed by atoms with Gasteiger partial charge in [-0.3, -0.25) is 4.79 Å². The van der Waals surface area contributed by atoms with Crippen molar-refractivity contribution in [1.82, 2.24) is 10.3 Å². The van der Waals surface area contributed by atoms with Crippen molar-refractivity contribution < 1.29 is 9.47 Å². The van der Waals surface area contributed by atoms with E-state index in [2.05, 4.69) is 23.3 Å². The molecule has 0 saturated heterocycles. The van der Waals surface area contributed by atoms with Gasteiger partial charge < -0.3 is 19.8 Å². The van der Waals surface area contributed by atoms with Gasteiger partial charge in [0.2, 0.25) is 0 Å². The van der Waals surface area contributed by atoms with Crippen LogP contribution in [-0.4, -0.2) is 25.7 Å². The Hall–Kier alpha value is -2.79. The number of hydrogen-bond donors (Lipinski definition) is 2. The number of aromatic nitrogens is 1. The van der Waals surface area contributed by atoms with Crippen LogP contribution in [0.3, 0.4) is 0 Å². The predicted molar refractivity (Wildman–Crippen MR) is 107 cm³/mol. The van der Waals surface area contributed by atoms with E-state index < -0.39 is 0 Å². The molecular formula is C22H24N2O3. The van der Waals surface area contributed by atoms with Gasteiger partial charge in [0.1, 0.15) is 0 Å². The van der Waals surface area contributed by atoms with Crippen molar-refractivity contribution in [2.75, 3.05) is 20.8 Å². The molecule has 0 fully saturated rings. The van der Waals surface area contributed by atoms with Crippen LogP contribution >= 0.6 is 0 Å². The largest absolute Gasteiger partial charge is 0.493 e. The number of benzene rings is 2. The lowest BCUT2D eigenvalue weighted by atomic mass is 9.89. The third kappa shape index (κ3) is 2.88. The second-order valence-corrected chi connectivity index (χ2v) is 7.08. The van der Waals surface area contributed by atoms with Crippen LogP contribution in [0.15, 0.2) is 35.1 Å². The molecule has 2 aromatic carbocycles. The average molecular weight is 364 g/mol. The Bertz CT molecular complexity index is 1090. The smallest absolute Gasteiger partial charge is 0.253 e. The Morgan fingerprint density at radius 3 is 2.41 bits per heavy atom. The minimum absolute atomic E-state index is 0.0589. The van der Waals surface area contributed by atoms with Gasteiger partial charge in [-0.1, -0.05) is 12.1 Å². The number of methoxy groups -OCH3 is 2. The molecule has 0 amide bonds. The zero-order valence-corrected chi connectivity index (χ0v) is 16.1. The summed E-state index contributed by atoms with van der Waals surface area (Å²) in [6, 6.07) is 9.99. The Labute approximate surface area is 158 Å². The molecule has 140 valence electrons. The fraction of sp³-hybridized carbons (Fsp3) is 0.318. The van der Waals surface area contributed by atoms with Gasteiger partial charge in [-0.25, -0.2) is 0 Å². The molecular weight excluding hydrogens is 340 g/mol. The van der Waals surface area contributed by atoms with E-state index in [1.807, 2.05) is 31.2 Å². The zero-order valence-electron chi connectivity index (χ0n) is 16.1. The van der Waals surface area contributed by atoms with E-state index in [9.17, 15) is 4.79 Å². The van der Waals surface area contributed by atoms with Gasteiger partial charge in [0, 0.05) is 17.5 Å². The molecule has 2 heterocycles. The fourth-order valence-electron chi connectivity index (χ4n) is 3.97. The molecule has 27 heavy (non-hydrogen) atoms. The molecule has 2 N–H and O–H groups in total. The van der Waals surface area contributed by atoms with Gasteiger partial charge in [0.25, 0.3) is 5.56 Å². The number of aryl methyl sites for hydroxylation is 2. The van der Waals surface area contributed by atoms with Crippen LogP contribution in [0, 0.1) is 13.8 Å². The quantitative estimate of drug-likeness (QED) is 0.748. The summed E-state index contributed by atoms with van der Waals surface area (Å²) >= 11 is 0. The monoisotopic (exact) mass is 364 g/mol. The van der Waals surface area contributed by atoms with Crippen molar-refractivity contribution in [2.45, 2.75) is 26.3 Å². The highest BCUT2D eigenvalue weighted by Crippen LogP contribution is 2.37. The van der Waals surface area contributed by atoms with Crippen molar-refractivity contribution in [1.29, 1.82) is 0 Å². The van der Waals surface area contributed by atoms with E-state index in [-0.39, 0.29) is 11.6 Å². The first-order chi connectivity index (χ1) is 13.0. The molecule has 0 radical (unpaired) electrons. The third-order valence-electron chi connectivity index (χ3n) is 5.48. The van der Waals surface area contributed by atoms with E-state index in [0.717, 1.165) is 51.9 Å². The highest BCUT2D eigenvalue weighted by molar-refractivity contribution is 5.85. The SMILES string of the molecule is COc1cc2c(cc1OC)[C@H](c1cc3c(C)ccc(C)c3[nH]c1=O)NCC2. The van der Waals surface area contributed by atoms with Gasteiger partial charge in [-0.05, 0) is 60.7 Å². The first kappa shape index (κ1) is 17.6. The minimum Gasteiger partial charge on any atom is -0.493 e. The van der Waals surface area contributed by atoms with Crippen LogP contribution < -0.4 is 20.3 Å². The van der Waals surface area contributed by atoms with Gasteiger partial charge in [-0.15, -0.1) is 0 Å². The topological polar surface area (TPSA) is 63.4 Å². The molecule has 1 aliphatic rings. The summed E-state index contributed by atoms with van der Waals surface area (Å²) < 4.78 is 10.9. The molecule has 3 aromatic rings. The molecule has 5 heteroatoms. The van der Waals surface area contributed by atoms with Crippen molar-refractivity contribution in [3.63, 3.8) is 0 Å². The van der Waals surface area contributed by atoms with E-state index in [4.69, 9.17) is 9.47 Å². The molecule has 0 unspecified atom stereocenters. The Morgan fingerprint density at radius 2 is 1.67 bits per heavy atom. The molecule has 1 aliphatic heterocycles. The normalized spacial score (nSPS) is 16.2. The number of hydrogen-bond acceptors (Lipinski definition) is 4. The summed E-state index contributed by atoms with van der Waals surface area (Å²) in [5.41, 5.74) is 6.04. The molecule has 0 aliphatic carbocycles. The highest BCUT2D eigenvalue weighted by Gasteiger charge is 2.26. The summed E-state index contributed by atoms with van der Waals surface area (Å²) in [7, 11) is 3.27. The Kier molecular flexibility index (Phi) is 4.40. The third-order valence-corrected chi connectivity index (χ3v) is 5.48. The fourth-order valence-corrected chi connectivity index (χ4v) is 3.97. The van der Waals surface area contributed by atoms with E-state index in [1.54, 1.807) is 14.2 Å². The van der Waals surface area contributed by atoms with Crippen LogP contribution in [0.5, 0.6) is 11.5 Å². The van der Waals surface area contributed by atoms with Crippen molar-refractivity contribution >= 4 is 10.9 Å². The van der Waals surface area contributed by atoms with E-state index in [1.165, 1.54) is 5.56 Å². The maximum absolute atomic E-state index is 12.9. The first-order valence-corrected chi connectivity index (χ1v) is 9.14. The number of pyridine rings is 1. The first-order valence-electron chi connectivity index (χ1n) is 9.14. The second-order valence-electron chi connectivity index (χ2n) is 7.08. The Morgan fingerprint density at radius 1 is 0.963 bits per heavy atom. The number of H-pyrrole nitrogens is 1. The molecule has 1 atom stereocenters. The zero-order chi connectivity index (χ0) is 19.1. The average Bonchev–Trinajstić information content (AvgIpc) is 2.69. The molecule has 1 aromatic heterocycles. The standard InChI is InChI=1S/C22H24N2O3/c1-12-5-6-13(2)20-15(12)10-17(22(25)24-20)21-16-11-19(27-4)18(26-3)9-14(16)7-8-23-21/h5-6,9-11,21,23H,7-8H2,1-4H3,(H,24,25)/t21-/m1/s1. The number of aromatic amines is 1. The van der Waals surface area contributed by atoms with Crippen LogP contribution in [0.2, 0.25) is 0 Å². The van der Waals surface area contributed by atoms with Gasteiger partial charge in [0.15, 0.2) is 11.5 Å². The molecule has 4 rings (SSSR count). The van der Waals surface area contributed by atoms with Crippen molar-refractivity contribution in [2.24, 2.45) is 0 Å². The number of rotatable bonds is 3. The second kappa shape index (κ2) is 6.74. The maximum atomic E-state index is 12.9. The number of fused-ring (bicyclic) bond motifs is 2. The molecule has 5 nitrogen and oxygen atoms in total. The summed E-state index contributed by atoms with van der Waals surface area (Å²) in [6.45, 7) is 4.89. The van der Waals surface area contributed by atoms with E-state index in [0.29, 0.717) is 5.75 Å². The predicted octanol–water partition coefficient (Wildman–Crippen LogP) is 3.40. The lowest BCUT2D eigenvalue weighted by Gasteiger charge is -2.28. The lowest BCUT2D eigenvalue weighted by Crippen LogP contribution is -2.34. The van der Waals surface area contributed by atoms with Gasteiger partial charge >= 0.3 is 0 Å². The molecule has 0 bridgehead atoms. The van der Waals surface area contributed by atoms with Crippen LogP contribution in [-0.2, 0) is 6.42 Å².